The number of rotatable bonds is 12. The Kier molecular flexibility index (Phi) is 13.3. The first-order chi connectivity index (χ1) is 26.6. The fraction of sp³-hybridized carbons (Fsp3) is 0.500. The summed E-state index contributed by atoms with van der Waals surface area (Å²) in [5, 5.41) is 18.6. The van der Waals surface area contributed by atoms with E-state index >= 15 is 0 Å². The van der Waals surface area contributed by atoms with Gasteiger partial charge in [0, 0.05) is 46.5 Å². The highest BCUT2D eigenvalue weighted by Crippen LogP contribution is 2.52. The van der Waals surface area contributed by atoms with Gasteiger partial charge in [0.2, 0.25) is 0 Å². The molecule has 3 aromatic rings. The van der Waals surface area contributed by atoms with Gasteiger partial charge in [-0.1, -0.05) is 23.4 Å². The summed E-state index contributed by atoms with van der Waals surface area (Å²) in [7, 11) is -2.83. The number of halogens is 6. The highest BCUT2D eigenvalue weighted by molar-refractivity contribution is 8.00. The van der Waals surface area contributed by atoms with E-state index in [1.807, 2.05) is 0 Å². The Balaban J connectivity index is 1.67. The summed E-state index contributed by atoms with van der Waals surface area (Å²) in [4.78, 5) is 37.3. The SMILES string of the molecule is CNS(=O)(=O)N1CCC(O)(C(S[C@@H]2O[C@H](COC(C)=O)[C@H](OC(C)=O)[C@H](n3cc(-c4cc(F)c(F)c(F)c4)nn3)[C@H]2OC(C)=O)c2ccccc2C(F)(F)F)CC1. The molecule has 0 saturated carbocycles. The van der Waals surface area contributed by atoms with E-state index in [9.17, 15) is 54.3 Å². The van der Waals surface area contributed by atoms with Crippen molar-refractivity contribution in [1.29, 1.82) is 0 Å². The zero-order valence-corrected chi connectivity index (χ0v) is 32.2. The molecule has 2 aromatic carbocycles. The maximum atomic E-state index is 14.6. The second kappa shape index (κ2) is 17.3. The van der Waals surface area contributed by atoms with Crippen LogP contribution in [-0.4, -0.2) is 107 Å². The molecular weight excluding hydrogens is 817 g/mol. The predicted molar refractivity (Wildman–Crippen MR) is 186 cm³/mol. The van der Waals surface area contributed by atoms with Crippen molar-refractivity contribution >= 4 is 39.9 Å². The van der Waals surface area contributed by atoms with Crippen LogP contribution in [0.5, 0.6) is 0 Å². The van der Waals surface area contributed by atoms with Gasteiger partial charge in [0.25, 0.3) is 10.2 Å². The summed E-state index contributed by atoms with van der Waals surface area (Å²) in [5.74, 6) is -7.59. The number of ether oxygens (including phenoxy) is 4. The Bertz CT molecular complexity index is 2060. The molecule has 6 atom stereocenters. The van der Waals surface area contributed by atoms with Gasteiger partial charge in [0.05, 0.1) is 22.6 Å². The lowest BCUT2D eigenvalue weighted by molar-refractivity contribution is -0.212. The molecule has 23 heteroatoms. The number of esters is 3. The third-order valence-electron chi connectivity index (χ3n) is 9.26. The van der Waals surface area contributed by atoms with Crippen molar-refractivity contribution in [3.8, 4) is 11.3 Å². The van der Waals surface area contributed by atoms with E-state index in [1.54, 1.807) is 0 Å². The summed E-state index contributed by atoms with van der Waals surface area (Å²) in [6.07, 6.45) is -9.36. The van der Waals surface area contributed by atoms with E-state index in [2.05, 4.69) is 15.0 Å². The number of carbonyl (C=O) groups excluding carboxylic acids is 3. The quantitative estimate of drug-likeness (QED) is 0.116. The summed E-state index contributed by atoms with van der Waals surface area (Å²) in [6.45, 7) is 1.78. The molecule has 1 aromatic heterocycles. The maximum absolute atomic E-state index is 14.6. The lowest BCUT2D eigenvalue weighted by Gasteiger charge is -2.48. The van der Waals surface area contributed by atoms with Crippen molar-refractivity contribution in [2.45, 2.75) is 80.4 Å². The monoisotopic (exact) mass is 853 g/mol. The molecule has 2 aliphatic rings. The Morgan fingerprint density at radius 3 is 2.18 bits per heavy atom. The molecule has 0 amide bonds. The van der Waals surface area contributed by atoms with Crippen LogP contribution in [0, 0.1) is 17.5 Å². The summed E-state index contributed by atoms with van der Waals surface area (Å²) in [5.41, 5.74) is -5.83. The highest BCUT2D eigenvalue weighted by atomic mass is 32.2. The third kappa shape index (κ3) is 9.88. The van der Waals surface area contributed by atoms with E-state index in [0.717, 1.165) is 54.2 Å². The number of hydrogen-bond donors (Lipinski definition) is 2. The maximum Gasteiger partial charge on any atom is 0.416 e. The number of nitrogens with zero attached hydrogens (tertiary/aromatic N) is 4. The molecule has 0 aliphatic carbocycles. The first-order valence-corrected chi connectivity index (χ1v) is 19.5. The van der Waals surface area contributed by atoms with Crippen LogP contribution in [0.2, 0.25) is 0 Å². The number of piperidine rings is 1. The number of aliphatic hydroxyl groups is 1. The minimum atomic E-state index is -4.96. The molecule has 2 saturated heterocycles. The van der Waals surface area contributed by atoms with Gasteiger partial charge in [-0.15, -0.1) is 16.9 Å². The van der Waals surface area contributed by atoms with Crippen molar-refractivity contribution in [2.24, 2.45) is 0 Å². The zero-order valence-electron chi connectivity index (χ0n) is 30.5. The molecule has 3 heterocycles. The standard InChI is InChI=1S/C34H37F6N5O10S2/c1-17(46)52-16-26-29(53-18(2)47)28(45-15-25(42-43-45)20-13-23(35)27(37)24(36)14-20)30(54-19(3)48)32(55-26)56-31(21-7-5-6-8-22(21)34(38,39)40)33(49)9-11-44(12-10-33)57(50,51)41-4/h5-8,13-15,26,28-32,41,49H,9-12,16H2,1-4H3/t26-,28+,29+,30-,31?,32+/m1/s1. The Hall–Kier alpha value is -4.29. The van der Waals surface area contributed by atoms with E-state index in [1.165, 1.54) is 13.1 Å². The Labute approximate surface area is 326 Å². The van der Waals surface area contributed by atoms with E-state index in [0.29, 0.717) is 23.9 Å². The van der Waals surface area contributed by atoms with E-state index in [4.69, 9.17) is 18.9 Å². The predicted octanol–water partition coefficient (Wildman–Crippen LogP) is 3.84. The largest absolute Gasteiger partial charge is 0.463 e. The van der Waals surface area contributed by atoms with Crippen LogP contribution in [0.15, 0.2) is 42.6 Å². The molecule has 2 N–H and O–H groups in total. The molecule has 2 aliphatic heterocycles. The van der Waals surface area contributed by atoms with Crippen LogP contribution in [0.4, 0.5) is 26.3 Å². The fourth-order valence-corrected chi connectivity index (χ4v) is 9.27. The van der Waals surface area contributed by atoms with Crippen LogP contribution in [0.1, 0.15) is 56.0 Å². The molecule has 57 heavy (non-hydrogen) atoms. The van der Waals surface area contributed by atoms with Crippen molar-refractivity contribution in [3.63, 3.8) is 0 Å². The molecule has 15 nitrogen and oxygen atoms in total. The summed E-state index contributed by atoms with van der Waals surface area (Å²) in [6, 6.07) is 4.07. The zero-order chi connectivity index (χ0) is 42.0. The lowest BCUT2D eigenvalue weighted by Crippen LogP contribution is -2.58. The highest BCUT2D eigenvalue weighted by Gasteiger charge is 2.55. The molecule has 2 fully saturated rings. The second-order valence-electron chi connectivity index (χ2n) is 13.1. The third-order valence-corrected chi connectivity index (χ3v) is 12.4. The Morgan fingerprint density at radius 1 is 1.02 bits per heavy atom. The lowest BCUT2D eigenvalue weighted by atomic mass is 9.84. The average molecular weight is 854 g/mol. The van der Waals surface area contributed by atoms with Crippen LogP contribution < -0.4 is 4.72 Å². The van der Waals surface area contributed by atoms with Crippen molar-refractivity contribution in [3.05, 3.63) is 71.2 Å². The van der Waals surface area contributed by atoms with Crippen LogP contribution in [0.25, 0.3) is 11.3 Å². The summed E-state index contributed by atoms with van der Waals surface area (Å²) < 4.78 is 138. The van der Waals surface area contributed by atoms with Crippen molar-refractivity contribution in [2.75, 3.05) is 26.7 Å². The Morgan fingerprint density at radius 2 is 1.61 bits per heavy atom. The first kappa shape index (κ1) is 43.8. The number of nitrogens with one attached hydrogen (secondary N) is 1. The van der Waals surface area contributed by atoms with Gasteiger partial charge >= 0.3 is 24.1 Å². The minimum Gasteiger partial charge on any atom is -0.463 e. The minimum absolute atomic E-state index is 0.252. The number of thioether (sulfide) groups is 1. The summed E-state index contributed by atoms with van der Waals surface area (Å²) >= 11 is 0.569. The second-order valence-corrected chi connectivity index (χ2v) is 16.2. The molecule has 0 bridgehead atoms. The molecular formula is C34H37F6N5O10S2. The van der Waals surface area contributed by atoms with Crippen molar-refractivity contribution < 1.29 is 73.2 Å². The topological polar surface area (TPSA) is 188 Å². The molecule has 5 rings (SSSR count). The van der Waals surface area contributed by atoms with E-state index in [-0.39, 0.29) is 37.2 Å². The van der Waals surface area contributed by atoms with Crippen LogP contribution >= 0.6 is 11.8 Å². The van der Waals surface area contributed by atoms with Gasteiger partial charge in [0.1, 0.15) is 29.9 Å². The fourth-order valence-electron chi connectivity index (χ4n) is 6.66. The molecule has 312 valence electrons. The average Bonchev–Trinajstić information content (AvgIpc) is 3.62. The number of carbonyl (C=O) groups is 3. The number of hydrogen-bond acceptors (Lipinski definition) is 13. The number of aromatic nitrogens is 3. The molecule has 0 radical (unpaired) electrons. The van der Waals surface area contributed by atoms with Gasteiger partial charge in [0.15, 0.2) is 29.7 Å². The molecule has 0 spiro atoms. The van der Waals surface area contributed by atoms with Gasteiger partial charge in [-0.05, 0) is 36.6 Å². The van der Waals surface area contributed by atoms with Gasteiger partial charge in [-0.2, -0.15) is 25.9 Å². The van der Waals surface area contributed by atoms with Crippen LogP contribution in [0.3, 0.4) is 0 Å². The van der Waals surface area contributed by atoms with Crippen LogP contribution in [-0.2, 0) is 49.7 Å². The van der Waals surface area contributed by atoms with Gasteiger partial charge in [-0.3, -0.25) is 14.4 Å². The van der Waals surface area contributed by atoms with Gasteiger partial charge in [-0.25, -0.2) is 22.6 Å². The molecule has 1 unspecified atom stereocenters. The normalized spacial score (nSPS) is 23.4. The van der Waals surface area contributed by atoms with Gasteiger partial charge < -0.3 is 24.1 Å². The number of alkyl halides is 3. The number of benzene rings is 2. The van der Waals surface area contributed by atoms with E-state index < -0.39 is 110 Å². The smallest absolute Gasteiger partial charge is 0.416 e. The van der Waals surface area contributed by atoms with Crippen molar-refractivity contribution in [1.82, 2.24) is 24.0 Å². The first-order valence-electron chi connectivity index (χ1n) is 17.1.